The molecule has 2 atom stereocenters. The van der Waals surface area contributed by atoms with Gasteiger partial charge in [0, 0.05) is 18.6 Å². The van der Waals surface area contributed by atoms with Crippen LogP contribution < -0.4 is 5.32 Å². The molecule has 0 saturated carbocycles. The van der Waals surface area contributed by atoms with Crippen LogP contribution in [-0.4, -0.2) is 61.7 Å². The van der Waals surface area contributed by atoms with Gasteiger partial charge < -0.3 is 10.2 Å². The zero-order valence-corrected chi connectivity index (χ0v) is 11.6. The lowest BCUT2D eigenvalue weighted by molar-refractivity contribution is 0.100. The summed E-state index contributed by atoms with van der Waals surface area (Å²) in [5.41, 5.74) is 0. The second-order valence-corrected chi connectivity index (χ2v) is 5.80. The summed E-state index contributed by atoms with van der Waals surface area (Å²) in [7, 11) is 2.27. The van der Waals surface area contributed by atoms with Crippen LogP contribution in [0.15, 0.2) is 0 Å². The molecule has 0 aromatic rings. The molecule has 2 heterocycles. The summed E-state index contributed by atoms with van der Waals surface area (Å²) in [5.74, 6) is 0. The monoisotopic (exact) mass is 239 g/mol. The number of piperidine rings is 1. The van der Waals surface area contributed by atoms with Gasteiger partial charge in [0.15, 0.2) is 0 Å². The molecule has 0 radical (unpaired) electrons. The summed E-state index contributed by atoms with van der Waals surface area (Å²) in [6, 6.07) is 1.57. The molecule has 0 bridgehead atoms. The van der Waals surface area contributed by atoms with Crippen molar-refractivity contribution in [3.8, 4) is 0 Å². The van der Waals surface area contributed by atoms with E-state index in [9.17, 15) is 0 Å². The lowest BCUT2D eigenvalue weighted by Gasteiger charge is -2.39. The molecule has 0 aliphatic carbocycles. The summed E-state index contributed by atoms with van der Waals surface area (Å²) in [4.78, 5) is 5.27. The Hall–Kier alpha value is -0.120. The molecular weight excluding hydrogens is 210 g/mol. The smallest absolute Gasteiger partial charge is 0.0223 e. The number of likely N-dealkylation sites (N-methyl/N-ethyl adjacent to an activating group) is 1. The molecule has 2 rings (SSSR count). The van der Waals surface area contributed by atoms with Crippen molar-refractivity contribution in [3.05, 3.63) is 0 Å². The SMILES string of the molecule is CCC1CCN(C2CCCN(C)C2)CCCN1. The molecule has 0 aromatic carbocycles. The molecule has 100 valence electrons. The normalized spacial score (nSPS) is 34.2. The lowest BCUT2D eigenvalue weighted by Crippen LogP contribution is -2.50. The van der Waals surface area contributed by atoms with Crippen molar-refractivity contribution in [3.63, 3.8) is 0 Å². The first-order chi connectivity index (χ1) is 8.29. The van der Waals surface area contributed by atoms with E-state index in [-0.39, 0.29) is 0 Å². The van der Waals surface area contributed by atoms with E-state index in [0.29, 0.717) is 0 Å². The van der Waals surface area contributed by atoms with Crippen LogP contribution in [0.25, 0.3) is 0 Å². The minimum Gasteiger partial charge on any atom is -0.314 e. The minimum atomic E-state index is 0.749. The number of hydrogen-bond donors (Lipinski definition) is 1. The van der Waals surface area contributed by atoms with Crippen molar-refractivity contribution in [1.82, 2.24) is 15.1 Å². The number of hydrogen-bond acceptors (Lipinski definition) is 3. The maximum absolute atomic E-state index is 3.67. The van der Waals surface area contributed by atoms with Gasteiger partial charge in [0.1, 0.15) is 0 Å². The van der Waals surface area contributed by atoms with Crippen molar-refractivity contribution >= 4 is 0 Å². The summed E-state index contributed by atoms with van der Waals surface area (Å²) in [6.07, 6.45) is 6.72. The van der Waals surface area contributed by atoms with Crippen LogP contribution in [-0.2, 0) is 0 Å². The molecule has 2 fully saturated rings. The van der Waals surface area contributed by atoms with E-state index in [2.05, 4.69) is 29.1 Å². The van der Waals surface area contributed by atoms with Gasteiger partial charge in [-0.2, -0.15) is 0 Å². The molecule has 2 aliphatic rings. The Morgan fingerprint density at radius 1 is 1.12 bits per heavy atom. The first-order valence-electron chi connectivity index (χ1n) is 7.45. The third-order valence-corrected chi connectivity index (χ3v) is 4.43. The highest BCUT2D eigenvalue weighted by Crippen LogP contribution is 2.17. The van der Waals surface area contributed by atoms with Crippen LogP contribution >= 0.6 is 0 Å². The quantitative estimate of drug-likeness (QED) is 0.789. The molecule has 3 nitrogen and oxygen atoms in total. The van der Waals surface area contributed by atoms with Gasteiger partial charge in [-0.05, 0) is 65.3 Å². The number of rotatable bonds is 2. The van der Waals surface area contributed by atoms with E-state index < -0.39 is 0 Å². The first-order valence-corrected chi connectivity index (χ1v) is 7.45. The second-order valence-electron chi connectivity index (χ2n) is 5.80. The number of nitrogens with zero attached hydrogens (tertiary/aromatic N) is 2. The fraction of sp³-hybridized carbons (Fsp3) is 1.00. The molecule has 0 aromatic heterocycles. The maximum Gasteiger partial charge on any atom is 0.0223 e. The summed E-state index contributed by atoms with van der Waals surface area (Å²) < 4.78 is 0. The van der Waals surface area contributed by atoms with Gasteiger partial charge in [0.25, 0.3) is 0 Å². The highest BCUT2D eigenvalue weighted by atomic mass is 15.2. The van der Waals surface area contributed by atoms with Crippen molar-refractivity contribution in [2.45, 2.75) is 51.1 Å². The van der Waals surface area contributed by atoms with Gasteiger partial charge in [0.2, 0.25) is 0 Å². The van der Waals surface area contributed by atoms with Crippen molar-refractivity contribution in [2.75, 3.05) is 39.8 Å². The fourth-order valence-electron chi connectivity index (χ4n) is 3.27. The molecule has 2 unspecified atom stereocenters. The molecule has 2 aliphatic heterocycles. The van der Waals surface area contributed by atoms with Crippen LogP contribution in [0.4, 0.5) is 0 Å². The highest BCUT2D eigenvalue weighted by molar-refractivity contribution is 4.82. The third kappa shape index (κ3) is 3.94. The molecule has 17 heavy (non-hydrogen) atoms. The number of nitrogens with one attached hydrogen (secondary N) is 1. The summed E-state index contributed by atoms with van der Waals surface area (Å²) >= 11 is 0. The van der Waals surface area contributed by atoms with E-state index >= 15 is 0 Å². The molecular formula is C14H29N3. The Kier molecular flexibility index (Phi) is 5.26. The van der Waals surface area contributed by atoms with Crippen LogP contribution in [0.2, 0.25) is 0 Å². The van der Waals surface area contributed by atoms with Crippen LogP contribution in [0.3, 0.4) is 0 Å². The van der Waals surface area contributed by atoms with E-state index in [1.165, 1.54) is 64.8 Å². The Bertz CT molecular complexity index is 220. The van der Waals surface area contributed by atoms with Gasteiger partial charge in [-0.3, -0.25) is 4.90 Å². The van der Waals surface area contributed by atoms with Crippen molar-refractivity contribution in [2.24, 2.45) is 0 Å². The Balaban J connectivity index is 1.85. The Labute approximate surface area is 107 Å². The topological polar surface area (TPSA) is 18.5 Å². The van der Waals surface area contributed by atoms with E-state index in [0.717, 1.165) is 12.1 Å². The molecule has 0 spiro atoms. The van der Waals surface area contributed by atoms with Gasteiger partial charge >= 0.3 is 0 Å². The molecule has 2 saturated heterocycles. The van der Waals surface area contributed by atoms with Crippen LogP contribution in [0, 0.1) is 0 Å². The van der Waals surface area contributed by atoms with E-state index in [4.69, 9.17) is 0 Å². The third-order valence-electron chi connectivity index (χ3n) is 4.43. The van der Waals surface area contributed by atoms with Crippen molar-refractivity contribution in [1.29, 1.82) is 0 Å². The van der Waals surface area contributed by atoms with E-state index in [1.54, 1.807) is 0 Å². The molecule has 1 N–H and O–H groups in total. The first kappa shape index (κ1) is 13.3. The second kappa shape index (κ2) is 6.72. The fourth-order valence-corrected chi connectivity index (χ4v) is 3.27. The predicted molar refractivity (Wildman–Crippen MR) is 73.4 cm³/mol. The highest BCUT2D eigenvalue weighted by Gasteiger charge is 2.24. The predicted octanol–water partition coefficient (Wildman–Crippen LogP) is 1.54. The largest absolute Gasteiger partial charge is 0.314 e. The van der Waals surface area contributed by atoms with Gasteiger partial charge in [-0.1, -0.05) is 6.92 Å². The summed E-state index contributed by atoms with van der Waals surface area (Å²) in [5, 5.41) is 3.67. The minimum absolute atomic E-state index is 0.749. The molecule has 3 heteroatoms. The van der Waals surface area contributed by atoms with Crippen LogP contribution in [0.5, 0.6) is 0 Å². The Morgan fingerprint density at radius 2 is 2.00 bits per heavy atom. The van der Waals surface area contributed by atoms with Gasteiger partial charge in [0.05, 0.1) is 0 Å². The Morgan fingerprint density at radius 3 is 2.76 bits per heavy atom. The number of likely N-dealkylation sites (tertiary alicyclic amines) is 1. The van der Waals surface area contributed by atoms with Gasteiger partial charge in [-0.25, -0.2) is 0 Å². The standard InChI is InChI=1S/C14H29N3/c1-3-13-7-11-17(10-5-8-15-13)14-6-4-9-16(2)12-14/h13-15H,3-12H2,1-2H3. The average Bonchev–Trinajstić information content (AvgIpc) is 2.29. The average molecular weight is 239 g/mol. The molecule has 0 amide bonds. The lowest BCUT2D eigenvalue weighted by atomic mass is 10.0. The maximum atomic E-state index is 3.67. The van der Waals surface area contributed by atoms with E-state index in [1.807, 2.05) is 0 Å². The van der Waals surface area contributed by atoms with Gasteiger partial charge in [-0.15, -0.1) is 0 Å². The zero-order valence-electron chi connectivity index (χ0n) is 11.6. The van der Waals surface area contributed by atoms with Crippen molar-refractivity contribution < 1.29 is 0 Å². The zero-order chi connectivity index (χ0) is 12.1. The summed E-state index contributed by atoms with van der Waals surface area (Å²) in [6.45, 7) is 8.68. The van der Waals surface area contributed by atoms with Crippen LogP contribution in [0.1, 0.15) is 39.0 Å².